The fourth-order valence-corrected chi connectivity index (χ4v) is 4.95. The molecule has 1 unspecified atom stereocenters. The number of alkyl carbamates (subject to hydrolysis) is 1. The number of rotatable bonds is 12. The summed E-state index contributed by atoms with van der Waals surface area (Å²) in [6.45, 7) is 11.1. The number of nitrogens with one attached hydrogen (secondary N) is 2. The van der Waals surface area contributed by atoms with Crippen LogP contribution in [0.25, 0.3) is 10.9 Å². The Morgan fingerprint density at radius 3 is 2.39 bits per heavy atom. The molecule has 1 saturated heterocycles. The van der Waals surface area contributed by atoms with E-state index in [1.165, 1.54) is 4.90 Å². The van der Waals surface area contributed by atoms with Crippen LogP contribution in [0, 0.1) is 0 Å². The van der Waals surface area contributed by atoms with Crippen LogP contribution >= 0.6 is 0 Å². The van der Waals surface area contributed by atoms with Gasteiger partial charge >= 0.3 is 18.0 Å². The summed E-state index contributed by atoms with van der Waals surface area (Å²) >= 11 is 0. The number of aromatic nitrogens is 1. The van der Waals surface area contributed by atoms with Gasteiger partial charge in [0.25, 0.3) is 0 Å². The summed E-state index contributed by atoms with van der Waals surface area (Å²) in [7, 11) is 0. The molecule has 3 atom stereocenters. The predicted molar refractivity (Wildman–Crippen MR) is 164 cm³/mol. The minimum Gasteiger partial charge on any atom is -0.457 e. The average molecular weight is 615 g/mol. The first kappa shape index (κ1) is 34.6. The van der Waals surface area contributed by atoms with Gasteiger partial charge in [-0.25, -0.2) is 14.4 Å². The summed E-state index contributed by atoms with van der Waals surface area (Å²) in [6.07, 6.45) is 1.56. The number of carbonyl (C=O) groups excluding carboxylic acids is 5. The molecule has 0 saturated carbocycles. The van der Waals surface area contributed by atoms with E-state index in [0.717, 1.165) is 5.52 Å². The van der Waals surface area contributed by atoms with E-state index >= 15 is 0 Å². The molecule has 2 heterocycles. The standard InChI is InChI=1S/C32H46N4O8/c1-31(2,3)43-29(40)26(18-25(37)21-19-35-23-14-8-7-12-20(21)23)42-28(39)24-15-11-17-36(24)27(38)22(33)13-9-10-16-34-30(41)44-32(4,5)6/h7-8,12,14,19,22,24,26,35H,9-11,13,15-18,33H2,1-6H3,(H,34,41)/t22-,24-,26?/m0/s1. The number of unbranched alkanes of at least 4 members (excludes halogenated alkanes) is 1. The number of nitrogens with zero attached hydrogens (tertiary/aromatic N) is 1. The molecule has 2 aromatic rings. The number of H-pyrrole nitrogens is 1. The van der Waals surface area contributed by atoms with Crippen LogP contribution in [0.5, 0.6) is 0 Å². The molecule has 12 heteroatoms. The van der Waals surface area contributed by atoms with Crippen LogP contribution in [0.15, 0.2) is 30.5 Å². The molecule has 1 aliphatic rings. The van der Waals surface area contributed by atoms with Gasteiger partial charge in [-0.3, -0.25) is 9.59 Å². The lowest BCUT2D eigenvalue weighted by atomic mass is 10.0. The van der Waals surface area contributed by atoms with Crippen molar-refractivity contribution >= 4 is 40.6 Å². The molecule has 2 amide bonds. The molecular weight excluding hydrogens is 568 g/mol. The normalized spacial score (nSPS) is 16.7. The molecule has 1 fully saturated rings. The van der Waals surface area contributed by atoms with E-state index in [2.05, 4.69) is 10.3 Å². The number of benzene rings is 1. The highest BCUT2D eigenvalue weighted by atomic mass is 16.6. The van der Waals surface area contributed by atoms with E-state index < -0.39 is 65.5 Å². The Morgan fingerprint density at radius 2 is 1.70 bits per heavy atom. The fourth-order valence-electron chi connectivity index (χ4n) is 4.95. The number of carbonyl (C=O) groups is 5. The van der Waals surface area contributed by atoms with Gasteiger partial charge in [-0.15, -0.1) is 0 Å². The fraction of sp³-hybridized carbons (Fsp3) is 0.594. The molecular formula is C32H46N4O8. The maximum atomic E-state index is 13.4. The summed E-state index contributed by atoms with van der Waals surface area (Å²) in [6, 6.07) is 5.47. The van der Waals surface area contributed by atoms with Crippen molar-refractivity contribution in [2.45, 2.75) is 109 Å². The summed E-state index contributed by atoms with van der Waals surface area (Å²) < 4.78 is 16.3. The molecule has 242 valence electrons. The highest BCUT2D eigenvalue weighted by Crippen LogP contribution is 2.24. The summed E-state index contributed by atoms with van der Waals surface area (Å²) in [5.74, 6) is -2.42. The van der Waals surface area contributed by atoms with Gasteiger partial charge in [-0.2, -0.15) is 0 Å². The summed E-state index contributed by atoms with van der Waals surface area (Å²) in [4.78, 5) is 69.2. The highest BCUT2D eigenvalue weighted by molar-refractivity contribution is 6.09. The smallest absolute Gasteiger partial charge is 0.407 e. The number of esters is 2. The van der Waals surface area contributed by atoms with Gasteiger partial charge in [0.15, 0.2) is 5.78 Å². The Bertz CT molecular complexity index is 1340. The number of Topliss-reactive ketones (excluding diaryl/α,β-unsaturated/α-hetero) is 1. The molecule has 0 spiro atoms. The second kappa shape index (κ2) is 14.7. The lowest BCUT2D eigenvalue weighted by Gasteiger charge is -2.28. The van der Waals surface area contributed by atoms with Crippen molar-refractivity contribution < 1.29 is 38.2 Å². The molecule has 3 rings (SSSR count). The monoisotopic (exact) mass is 614 g/mol. The SMILES string of the molecule is CC(C)(C)OC(=O)NCCCC[C@H](N)C(=O)N1CCC[C@H]1C(=O)OC(CC(=O)c1c[nH]c2ccccc12)C(=O)OC(C)(C)C. The molecule has 0 aliphatic carbocycles. The van der Waals surface area contributed by atoms with Crippen molar-refractivity contribution in [3.8, 4) is 0 Å². The topological polar surface area (TPSA) is 170 Å². The molecule has 12 nitrogen and oxygen atoms in total. The third kappa shape index (κ3) is 10.1. The van der Waals surface area contributed by atoms with E-state index in [9.17, 15) is 24.0 Å². The molecule has 44 heavy (non-hydrogen) atoms. The quantitative estimate of drug-likeness (QED) is 0.138. The molecule has 4 N–H and O–H groups in total. The number of hydrogen-bond acceptors (Lipinski definition) is 9. The van der Waals surface area contributed by atoms with Gasteiger partial charge in [-0.1, -0.05) is 18.2 Å². The van der Waals surface area contributed by atoms with Crippen molar-refractivity contribution in [1.29, 1.82) is 0 Å². The lowest BCUT2D eigenvalue weighted by molar-refractivity contribution is -0.178. The van der Waals surface area contributed by atoms with E-state index in [0.29, 0.717) is 56.1 Å². The number of aromatic amines is 1. The van der Waals surface area contributed by atoms with Crippen LogP contribution in [0.3, 0.4) is 0 Å². The predicted octanol–water partition coefficient (Wildman–Crippen LogP) is 4.01. The number of amides is 2. The van der Waals surface area contributed by atoms with Gasteiger partial charge in [0.1, 0.15) is 17.2 Å². The first-order valence-electron chi connectivity index (χ1n) is 15.1. The number of hydrogen-bond donors (Lipinski definition) is 3. The Morgan fingerprint density at radius 1 is 1.02 bits per heavy atom. The third-order valence-corrected chi connectivity index (χ3v) is 6.92. The Hall–Kier alpha value is -3.93. The van der Waals surface area contributed by atoms with Gasteiger partial charge in [-0.05, 0) is 79.7 Å². The van der Waals surface area contributed by atoms with Gasteiger partial charge in [0.2, 0.25) is 12.0 Å². The number of ether oxygens (including phenoxy) is 3. The summed E-state index contributed by atoms with van der Waals surface area (Å²) in [5, 5.41) is 3.36. The van der Waals surface area contributed by atoms with Gasteiger partial charge < -0.3 is 35.1 Å². The second-order valence-electron chi connectivity index (χ2n) is 13.1. The number of likely N-dealkylation sites (tertiary alicyclic amines) is 1. The number of para-hydroxylation sites is 1. The van der Waals surface area contributed by atoms with Crippen molar-refractivity contribution in [2.75, 3.05) is 13.1 Å². The van der Waals surface area contributed by atoms with Gasteiger partial charge in [0, 0.05) is 35.8 Å². The molecule has 0 radical (unpaired) electrons. The number of ketones is 1. The van der Waals surface area contributed by atoms with Crippen molar-refractivity contribution in [3.05, 3.63) is 36.0 Å². The van der Waals surface area contributed by atoms with Gasteiger partial charge in [0.05, 0.1) is 12.5 Å². The maximum absolute atomic E-state index is 13.4. The van der Waals surface area contributed by atoms with Crippen LogP contribution in [0.2, 0.25) is 0 Å². The van der Waals surface area contributed by atoms with E-state index in [-0.39, 0.29) is 0 Å². The van der Waals surface area contributed by atoms with Crippen LogP contribution in [0.1, 0.15) is 90.4 Å². The van der Waals surface area contributed by atoms with Crippen molar-refractivity contribution in [2.24, 2.45) is 5.73 Å². The zero-order chi connectivity index (χ0) is 32.7. The molecule has 1 aromatic carbocycles. The number of nitrogens with two attached hydrogens (primary N) is 1. The minimum absolute atomic E-state index is 0.317. The Labute approximate surface area is 258 Å². The Balaban J connectivity index is 1.60. The van der Waals surface area contributed by atoms with Crippen LogP contribution in [0.4, 0.5) is 4.79 Å². The first-order valence-corrected chi connectivity index (χ1v) is 15.1. The van der Waals surface area contributed by atoms with Crippen LogP contribution in [-0.4, -0.2) is 82.1 Å². The van der Waals surface area contributed by atoms with Crippen LogP contribution < -0.4 is 11.1 Å². The third-order valence-electron chi connectivity index (χ3n) is 6.92. The van der Waals surface area contributed by atoms with Crippen LogP contribution in [-0.2, 0) is 28.6 Å². The van der Waals surface area contributed by atoms with E-state index in [1.807, 2.05) is 12.1 Å². The zero-order valence-electron chi connectivity index (χ0n) is 26.6. The molecule has 0 bridgehead atoms. The van der Waals surface area contributed by atoms with E-state index in [4.69, 9.17) is 19.9 Å². The molecule has 1 aliphatic heterocycles. The Kier molecular flexibility index (Phi) is 11.5. The average Bonchev–Trinajstić information content (AvgIpc) is 3.57. The summed E-state index contributed by atoms with van der Waals surface area (Å²) in [5.41, 5.74) is 5.85. The maximum Gasteiger partial charge on any atom is 0.407 e. The second-order valence-corrected chi connectivity index (χ2v) is 13.1. The first-order chi connectivity index (χ1) is 20.6. The lowest BCUT2D eigenvalue weighted by Crippen LogP contribution is -2.50. The molecule has 1 aromatic heterocycles. The zero-order valence-corrected chi connectivity index (χ0v) is 26.6. The minimum atomic E-state index is -1.49. The van der Waals surface area contributed by atoms with Crippen molar-refractivity contribution in [1.82, 2.24) is 15.2 Å². The number of fused-ring (bicyclic) bond motifs is 1. The van der Waals surface area contributed by atoms with Crippen molar-refractivity contribution in [3.63, 3.8) is 0 Å². The van der Waals surface area contributed by atoms with E-state index in [1.54, 1.807) is 59.9 Å². The highest BCUT2D eigenvalue weighted by Gasteiger charge is 2.40. The largest absolute Gasteiger partial charge is 0.457 e.